The highest BCUT2D eigenvalue weighted by Gasteiger charge is 2.79. The van der Waals surface area contributed by atoms with Crippen LogP contribution in [0.5, 0.6) is 0 Å². The second kappa shape index (κ2) is 5.58. The van der Waals surface area contributed by atoms with Crippen LogP contribution in [0, 0.1) is 16.7 Å². The van der Waals surface area contributed by atoms with Gasteiger partial charge >= 0.3 is 11.9 Å². The van der Waals surface area contributed by atoms with Crippen molar-refractivity contribution in [3.8, 4) is 0 Å². The first kappa shape index (κ1) is 15.1. The minimum absolute atomic E-state index is 0.242. The minimum Gasteiger partial charge on any atom is -0.468 e. The van der Waals surface area contributed by atoms with Crippen molar-refractivity contribution in [2.45, 2.75) is 44.9 Å². The quantitative estimate of drug-likeness (QED) is 0.441. The fourth-order valence-corrected chi connectivity index (χ4v) is 4.26. The van der Waals surface area contributed by atoms with Crippen LogP contribution >= 0.6 is 0 Å². The van der Waals surface area contributed by atoms with Gasteiger partial charge < -0.3 is 9.47 Å². The molecule has 2 aliphatic carbocycles. The summed E-state index contributed by atoms with van der Waals surface area (Å²) in [6, 6.07) is 0. The van der Waals surface area contributed by atoms with E-state index in [1.165, 1.54) is 20.6 Å². The molecule has 0 aromatic carbocycles. The molecule has 0 bridgehead atoms. The standard InChI is InChI=1S/C16H24O4/c1-4-5-8-12-9-6-7-10-15(12)11-16(15,13(17)19-2)14(18)20-3/h4,12H,1,5-11H2,2-3H3. The number of ether oxygens (including phenoxy) is 2. The van der Waals surface area contributed by atoms with Gasteiger partial charge in [-0.1, -0.05) is 18.9 Å². The monoisotopic (exact) mass is 280 g/mol. The number of rotatable bonds is 5. The first-order valence-electron chi connectivity index (χ1n) is 7.37. The van der Waals surface area contributed by atoms with E-state index >= 15 is 0 Å². The van der Waals surface area contributed by atoms with Crippen LogP contribution in [0.3, 0.4) is 0 Å². The van der Waals surface area contributed by atoms with Crippen LogP contribution in [-0.2, 0) is 19.1 Å². The van der Waals surface area contributed by atoms with Crippen molar-refractivity contribution < 1.29 is 19.1 Å². The normalized spacial score (nSPS) is 30.6. The van der Waals surface area contributed by atoms with Crippen molar-refractivity contribution in [1.82, 2.24) is 0 Å². The lowest BCUT2D eigenvalue weighted by molar-refractivity contribution is -0.165. The fourth-order valence-electron chi connectivity index (χ4n) is 4.26. The molecule has 0 aromatic rings. The van der Waals surface area contributed by atoms with Gasteiger partial charge in [0, 0.05) is 5.41 Å². The van der Waals surface area contributed by atoms with Crippen LogP contribution in [0.25, 0.3) is 0 Å². The van der Waals surface area contributed by atoms with E-state index in [0.717, 1.165) is 32.1 Å². The lowest BCUT2D eigenvalue weighted by Crippen LogP contribution is -2.38. The van der Waals surface area contributed by atoms with Crippen LogP contribution in [-0.4, -0.2) is 26.2 Å². The van der Waals surface area contributed by atoms with Crippen molar-refractivity contribution in [1.29, 1.82) is 0 Å². The number of allylic oxidation sites excluding steroid dienone is 1. The largest absolute Gasteiger partial charge is 0.468 e. The molecule has 2 atom stereocenters. The lowest BCUT2D eigenvalue weighted by atomic mass is 9.69. The number of hydrogen-bond donors (Lipinski definition) is 0. The maximum absolute atomic E-state index is 12.2. The fraction of sp³-hybridized carbons (Fsp3) is 0.750. The third kappa shape index (κ3) is 1.97. The summed E-state index contributed by atoms with van der Waals surface area (Å²) in [5, 5.41) is 0. The molecule has 0 aliphatic heterocycles. The van der Waals surface area contributed by atoms with E-state index in [-0.39, 0.29) is 5.41 Å². The Hall–Kier alpha value is -1.32. The summed E-state index contributed by atoms with van der Waals surface area (Å²) in [7, 11) is 2.70. The lowest BCUT2D eigenvalue weighted by Gasteiger charge is -2.35. The molecule has 0 amide bonds. The third-order valence-electron chi connectivity index (χ3n) is 5.30. The van der Waals surface area contributed by atoms with Crippen LogP contribution in [0.2, 0.25) is 0 Å². The molecule has 4 nitrogen and oxygen atoms in total. The summed E-state index contributed by atoms with van der Waals surface area (Å²) < 4.78 is 9.84. The van der Waals surface area contributed by atoms with E-state index < -0.39 is 17.4 Å². The summed E-state index contributed by atoms with van der Waals surface area (Å²) in [4.78, 5) is 24.5. The highest BCUT2D eigenvalue weighted by Crippen LogP contribution is 2.74. The van der Waals surface area contributed by atoms with Gasteiger partial charge in [0.2, 0.25) is 0 Å². The molecule has 4 heteroatoms. The van der Waals surface area contributed by atoms with Crippen molar-refractivity contribution in [3.63, 3.8) is 0 Å². The van der Waals surface area contributed by atoms with Gasteiger partial charge in [-0.05, 0) is 38.0 Å². The zero-order valence-corrected chi connectivity index (χ0v) is 12.4. The first-order chi connectivity index (χ1) is 9.59. The van der Waals surface area contributed by atoms with Gasteiger partial charge in [-0.25, -0.2) is 0 Å². The molecule has 2 fully saturated rings. The maximum Gasteiger partial charge on any atom is 0.323 e. The summed E-state index contributed by atoms with van der Waals surface area (Å²) in [5.74, 6) is -0.461. The molecule has 2 aliphatic rings. The average Bonchev–Trinajstić information content (AvgIpc) is 3.15. The Morgan fingerprint density at radius 1 is 1.25 bits per heavy atom. The Balaban J connectivity index is 2.30. The molecular formula is C16H24O4. The number of esters is 2. The summed E-state index contributed by atoms with van der Waals surface area (Å²) >= 11 is 0. The van der Waals surface area contributed by atoms with Crippen molar-refractivity contribution in [3.05, 3.63) is 12.7 Å². The second-order valence-electron chi connectivity index (χ2n) is 6.03. The van der Waals surface area contributed by atoms with Crippen LogP contribution in [0.15, 0.2) is 12.7 Å². The predicted molar refractivity (Wildman–Crippen MR) is 74.9 cm³/mol. The predicted octanol–water partition coefficient (Wildman–Crippen LogP) is 2.87. The first-order valence-corrected chi connectivity index (χ1v) is 7.37. The summed E-state index contributed by atoms with van der Waals surface area (Å²) in [6.45, 7) is 3.77. The average molecular weight is 280 g/mol. The molecule has 2 rings (SSSR count). The summed E-state index contributed by atoms with van der Waals surface area (Å²) in [6.07, 6.45) is 8.62. The molecule has 0 N–H and O–H groups in total. The Bertz CT molecular complexity index is 399. The van der Waals surface area contributed by atoms with Crippen molar-refractivity contribution in [2.75, 3.05) is 14.2 Å². The Kier molecular flexibility index (Phi) is 4.21. The molecule has 0 aromatic heterocycles. The summed E-state index contributed by atoms with van der Waals surface area (Å²) in [5.41, 5.74) is -1.29. The topological polar surface area (TPSA) is 52.6 Å². The Morgan fingerprint density at radius 3 is 2.45 bits per heavy atom. The van der Waals surface area contributed by atoms with Crippen molar-refractivity contribution in [2.24, 2.45) is 16.7 Å². The molecule has 112 valence electrons. The van der Waals surface area contributed by atoms with Gasteiger partial charge in [0.15, 0.2) is 5.41 Å². The van der Waals surface area contributed by atoms with Crippen LogP contribution in [0.1, 0.15) is 44.9 Å². The smallest absolute Gasteiger partial charge is 0.323 e. The molecule has 0 radical (unpaired) electrons. The zero-order chi connectivity index (χ0) is 14.8. The highest BCUT2D eigenvalue weighted by atomic mass is 16.5. The van der Waals surface area contributed by atoms with Gasteiger partial charge in [0.05, 0.1) is 14.2 Å². The molecule has 0 heterocycles. The molecule has 2 unspecified atom stereocenters. The van der Waals surface area contributed by atoms with E-state index in [1.807, 2.05) is 6.08 Å². The van der Waals surface area contributed by atoms with E-state index in [9.17, 15) is 9.59 Å². The third-order valence-corrected chi connectivity index (χ3v) is 5.30. The maximum atomic E-state index is 12.2. The zero-order valence-electron chi connectivity index (χ0n) is 12.4. The number of hydrogen-bond acceptors (Lipinski definition) is 4. The van der Waals surface area contributed by atoms with E-state index in [4.69, 9.17) is 9.47 Å². The minimum atomic E-state index is -1.05. The molecule has 0 saturated heterocycles. The van der Waals surface area contributed by atoms with Gasteiger partial charge in [-0.2, -0.15) is 0 Å². The molecular weight excluding hydrogens is 256 g/mol. The van der Waals surface area contributed by atoms with Crippen LogP contribution in [0.4, 0.5) is 0 Å². The number of methoxy groups -OCH3 is 2. The van der Waals surface area contributed by atoms with Gasteiger partial charge in [0.1, 0.15) is 0 Å². The Morgan fingerprint density at radius 2 is 1.90 bits per heavy atom. The van der Waals surface area contributed by atoms with E-state index in [2.05, 4.69) is 6.58 Å². The SMILES string of the molecule is C=CCCC1CCCCC12CC2(C(=O)OC)C(=O)OC. The highest BCUT2D eigenvalue weighted by molar-refractivity contribution is 6.05. The van der Waals surface area contributed by atoms with E-state index in [1.54, 1.807) is 0 Å². The van der Waals surface area contributed by atoms with Gasteiger partial charge in [0.25, 0.3) is 0 Å². The van der Waals surface area contributed by atoms with Gasteiger partial charge in [-0.3, -0.25) is 9.59 Å². The second-order valence-corrected chi connectivity index (χ2v) is 6.03. The van der Waals surface area contributed by atoms with Gasteiger partial charge in [-0.15, -0.1) is 6.58 Å². The molecule has 20 heavy (non-hydrogen) atoms. The molecule has 2 saturated carbocycles. The number of carbonyl (C=O) groups excluding carboxylic acids is 2. The van der Waals surface area contributed by atoms with Crippen molar-refractivity contribution >= 4 is 11.9 Å². The Labute approximate surface area is 120 Å². The van der Waals surface area contributed by atoms with E-state index in [0.29, 0.717) is 12.3 Å². The molecule has 1 spiro atoms. The van der Waals surface area contributed by atoms with Crippen LogP contribution < -0.4 is 0 Å². The number of carbonyl (C=O) groups is 2.